The molecule has 1 amide bonds. The predicted octanol–water partition coefficient (Wildman–Crippen LogP) is 1.39. The van der Waals surface area contributed by atoms with Gasteiger partial charge in [0.2, 0.25) is 0 Å². The molecule has 1 aromatic heterocycles. The minimum Gasteiger partial charge on any atom is -0.464 e. The highest BCUT2D eigenvalue weighted by Crippen LogP contribution is 2.16. The highest BCUT2D eigenvalue weighted by Gasteiger charge is 2.20. The van der Waals surface area contributed by atoms with Gasteiger partial charge in [0.15, 0.2) is 11.5 Å². The molecule has 1 fully saturated rings. The predicted molar refractivity (Wildman–Crippen MR) is 96.5 cm³/mol. The summed E-state index contributed by atoms with van der Waals surface area (Å²) < 4.78 is 4.59. The highest BCUT2D eigenvalue weighted by molar-refractivity contribution is 5.94. The Morgan fingerprint density at radius 1 is 1.00 bits per heavy atom. The second kappa shape index (κ2) is 7.92. The second-order valence-electron chi connectivity index (χ2n) is 6.09. The quantitative estimate of drug-likeness (QED) is 0.829. The van der Waals surface area contributed by atoms with E-state index in [0.717, 1.165) is 31.9 Å². The van der Waals surface area contributed by atoms with Crippen molar-refractivity contribution >= 4 is 23.4 Å². The summed E-state index contributed by atoms with van der Waals surface area (Å²) in [4.78, 5) is 28.0. The maximum absolute atomic E-state index is 12.5. The van der Waals surface area contributed by atoms with Crippen LogP contribution in [0.25, 0.3) is 0 Å². The number of methoxy groups -OCH3 is 1. The van der Waals surface area contributed by atoms with Crippen LogP contribution in [0.4, 0.5) is 11.5 Å². The Morgan fingerprint density at radius 3 is 2.27 bits per heavy atom. The van der Waals surface area contributed by atoms with Gasteiger partial charge in [-0.15, -0.1) is 10.2 Å². The maximum Gasteiger partial charge on any atom is 0.358 e. The Morgan fingerprint density at radius 2 is 1.69 bits per heavy atom. The number of aromatic nitrogens is 2. The Balaban J connectivity index is 1.62. The first-order valence-corrected chi connectivity index (χ1v) is 8.34. The van der Waals surface area contributed by atoms with Gasteiger partial charge in [0.25, 0.3) is 5.91 Å². The number of likely N-dealkylation sites (N-methyl/N-ethyl adjacent to an activating group) is 1. The molecule has 136 valence electrons. The first kappa shape index (κ1) is 17.8. The number of carbonyl (C=O) groups excluding carboxylic acids is 2. The zero-order chi connectivity index (χ0) is 18.5. The molecule has 3 rings (SSSR count). The van der Waals surface area contributed by atoms with Gasteiger partial charge in [-0.1, -0.05) is 0 Å². The zero-order valence-electron chi connectivity index (χ0n) is 14.8. The van der Waals surface area contributed by atoms with Crippen molar-refractivity contribution in [2.24, 2.45) is 0 Å². The topological polar surface area (TPSA) is 87.7 Å². The van der Waals surface area contributed by atoms with Crippen LogP contribution in [0.5, 0.6) is 0 Å². The number of rotatable bonds is 4. The molecule has 1 aromatic carbocycles. The van der Waals surface area contributed by atoms with Gasteiger partial charge in [0, 0.05) is 37.4 Å². The standard InChI is InChI=1S/C18H21N5O3/c1-22-9-11-23(12-10-22)17(24)13-3-5-14(6-4-13)19-16-8-7-15(20-21-16)18(25)26-2/h3-8H,9-12H2,1-2H3,(H,19,21). The summed E-state index contributed by atoms with van der Waals surface area (Å²) >= 11 is 0. The minimum atomic E-state index is -0.532. The van der Waals surface area contributed by atoms with Crippen molar-refractivity contribution in [1.82, 2.24) is 20.0 Å². The van der Waals surface area contributed by atoms with Crippen LogP contribution >= 0.6 is 0 Å². The van der Waals surface area contributed by atoms with Crippen LogP contribution in [-0.4, -0.2) is 72.2 Å². The van der Waals surface area contributed by atoms with E-state index in [4.69, 9.17) is 0 Å². The van der Waals surface area contributed by atoms with E-state index in [0.29, 0.717) is 11.4 Å². The summed E-state index contributed by atoms with van der Waals surface area (Å²) in [5.74, 6) is 0.0125. The zero-order valence-corrected chi connectivity index (χ0v) is 14.8. The fraction of sp³-hybridized carbons (Fsp3) is 0.333. The number of carbonyl (C=O) groups is 2. The van der Waals surface area contributed by atoms with Crippen molar-refractivity contribution < 1.29 is 14.3 Å². The number of piperazine rings is 1. The van der Waals surface area contributed by atoms with Gasteiger partial charge in [0.1, 0.15) is 0 Å². The van der Waals surface area contributed by atoms with Crippen molar-refractivity contribution in [3.63, 3.8) is 0 Å². The summed E-state index contributed by atoms with van der Waals surface area (Å²) in [5, 5.41) is 10.8. The molecule has 8 heteroatoms. The van der Waals surface area contributed by atoms with Crippen molar-refractivity contribution in [1.29, 1.82) is 0 Å². The normalized spacial score (nSPS) is 14.8. The Bertz CT molecular complexity index is 768. The van der Waals surface area contributed by atoms with Crippen LogP contribution in [0, 0.1) is 0 Å². The van der Waals surface area contributed by atoms with Gasteiger partial charge >= 0.3 is 5.97 Å². The molecule has 8 nitrogen and oxygen atoms in total. The van der Waals surface area contributed by atoms with Crippen LogP contribution in [0.3, 0.4) is 0 Å². The third kappa shape index (κ3) is 4.15. The Hall–Kier alpha value is -3.00. The second-order valence-corrected chi connectivity index (χ2v) is 6.09. The van der Waals surface area contributed by atoms with E-state index in [1.807, 2.05) is 17.0 Å². The molecule has 0 unspecified atom stereocenters. The average molecular weight is 355 g/mol. The summed E-state index contributed by atoms with van der Waals surface area (Å²) in [6, 6.07) is 10.4. The summed E-state index contributed by atoms with van der Waals surface area (Å²) in [5.41, 5.74) is 1.58. The number of esters is 1. The lowest BCUT2D eigenvalue weighted by molar-refractivity contribution is 0.0592. The number of anilines is 2. The van der Waals surface area contributed by atoms with E-state index in [-0.39, 0.29) is 11.6 Å². The molecule has 0 saturated carbocycles. The molecule has 26 heavy (non-hydrogen) atoms. The van der Waals surface area contributed by atoms with Crippen LogP contribution < -0.4 is 5.32 Å². The van der Waals surface area contributed by atoms with Gasteiger partial charge in [-0.3, -0.25) is 4.79 Å². The van der Waals surface area contributed by atoms with Crippen molar-refractivity contribution in [2.45, 2.75) is 0 Å². The highest BCUT2D eigenvalue weighted by atomic mass is 16.5. The van der Waals surface area contributed by atoms with Gasteiger partial charge in [-0.2, -0.15) is 0 Å². The number of nitrogens with one attached hydrogen (secondary N) is 1. The van der Waals surface area contributed by atoms with Crippen LogP contribution in [-0.2, 0) is 4.74 Å². The molecule has 1 aliphatic rings. The van der Waals surface area contributed by atoms with Crippen LogP contribution in [0.1, 0.15) is 20.8 Å². The molecule has 0 spiro atoms. The molecule has 0 bridgehead atoms. The number of hydrogen-bond acceptors (Lipinski definition) is 7. The molecule has 0 radical (unpaired) electrons. The Kier molecular flexibility index (Phi) is 5.43. The lowest BCUT2D eigenvalue weighted by atomic mass is 10.1. The van der Waals surface area contributed by atoms with Crippen LogP contribution in [0.2, 0.25) is 0 Å². The molecule has 0 atom stereocenters. The fourth-order valence-corrected chi connectivity index (χ4v) is 2.65. The number of benzene rings is 1. The third-order valence-electron chi connectivity index (χ3n) is 4.25. The summed E-state index contributed by atoms with van der Waals surface area (Å²) in [7, 11) is 3.35. The minimum absolute atomic E-state index is 0.0480. The van der Waals surface area contributed by atoms with Gasteiger partial charge < -0.3 is 19.9 Å². The lowest BCUT2D eigenvalue weighted by Crippen LogP contribution is -2.47. The summed E-state index contributed by atoms with van der Waals surface area (Å²) in [6.45, 7) is 3.28. The molecular formula is C18H21N5O3. The summed E-state index contributed by atoms with van der Waals surface area (Å²) in [6.07, 6.45) is 0. The van der Waals surface area contributed by atoms with E-state index in [1.165, 1.54) is 13.2 Å². The smallest absolute Gasteiger partial charge is 0.358 e. The van der Waals surface area contributed by atoms with Gasteiger partial charge in [-0.25, -0.2) is 4.79 Å². The first-order valence-electron chi connectivity index (χ1n) is 8.34. The molecule has 1 saturated heterocycles. The van der Waals surface area contributed by atoms with Crippen molar-refractivity contribution in [2.75, 3.05) is 45.7 Å². The van der Waals surface area contributed by atoms with E-state index in [1.54, 1.807) is 18.2 Å². The van der Waals surface area contributed by atoms with E-state index in [2.05, 4.69) is 32.2 Å². The van der Waals surface area contributed by atoms with Gasteiger partial charge in [0.05, 0.1) is 7.11 Å². The largest absolute Gasteiger partial charge is 0.464 e. The molecule has 2 heterocycles. The van der Waals surface area contributed by atoms with E-state index >= 15 is 0 Å². The molecule has 2 aromatic rings. The third-order valence-corrected chi connectivity index (χ3v) is 4.25. The monoisotopic (exact) mass is 355 g/mol. The lowest BCUT2D eigenvalue weighted by Gasteiger charge is -2.32. The van der Waals surface area contributed by atoms with Crippen LogP contribution in [0.15, 0.2) is 36.4 Å². The molecule has 0 aliphatic carbocycles. The molecular weight excluding hydrogens is 334 g/mol. The molecule has 1 aliphatic heterocycles. The fourth-order valence-electron chi connectivity index (χ4n) is 2.65. The van der Waals surface area contributed by atoms with Crippen molar-refractivity contribution in [3.05, 3.63) is 47.7 Å². The van der Waals surface area contributed by atoms with Crippen molar-refractivity contribution in [3.8, 4) is 0 Å². The van der Waals surface area contributed by atoms with E-state index < -0.39 is 5.97 Å². The first-order chi connectivity index (χ1) is 12.6. The Labute approximate surface area is 151 Å². The average Bonchev–Trinajstić information content (AvgIpc) is 2.68. The number of amides is 1. The number of hydrogen-bond donors (Lipinski definition) is 1. The molecule has 1 N–H and O–H groups in total. The number of ether oxygens (including phenoxy) is 1. The maximum atomic E-state index is 12.5. The van der Waals surface area contributed by atoms with Gasteiger partial charge in [-0.05, 0) is 43.4 Å². The SMILES string of the molecule is COC(=O)c1ccc(Nc2ccc(C(=O)N3CCN(C)CC3)cc2)nn1. The van der Waals surface area contributed by atoms with E-state index in [9.17, 15) is 9.59 Å². The number of nitrogens with zero attached hydrogens (tertiary/aromatic N) is 4.